The lowest BCUT2D eigenvalue weighted by atomic mass is 9.67. The molecule has 3 rings (SSSR count). The van der Waals surface area contributed by atoms with Gasteiger partial charge in [0.15, 0.2) is 0 Å². The second-order valence-electron chi connectivity index (χ2n) is 7.62. The monoisotopic (exact) mass is 366 g/mol. The number of nitrogens with one attached hydrogen (secondary N) is 1. The van der Waals surface area contributed by atoms with Gasteiger partial charge in [0.2, 0.25) is 5.91 Å². The zero-order valence-electron chi connectivity index (χ0n) is 15.3. The standard InChI is InChI=1S/C20H30N2O2.ClH/c1-13-6-7-18(10-14(13)2)24-9-8-19(23)22-20-15-4-3-5-16(20)12-17(21)11-15;/h6-7,10,15-17,20H,3-5,8-9,11-12,21H2,1-2H3,(H,22,23);1H. The van der Waals surface area contributed by atoms with Gasteiger partial charge >= 0.3 is 0 Å². The molecule has 2 saturated carbocycles. The summed E-state index contributed by atoms with van der Waals surface area (Å²) < 4.78 is 5.73. The van der Waals surface area contributed by atoms with Crippen LogP contribution in [-0.2, 0) is 4.79 Å². The number of aryl methyl sites for hydroxylation is 2. The first-order valence-electron chi connectivity index (χ1n) is 9.28. The van der Waals surface area contributed by atoms with Crippen LogP contribution in [0.2, 0.25) is 0 Å². The minimum absolute atomic E-state index is 0. The van der Waals surface area contributed by atoms with E-state index >= 15 is 0 Å². The lowest BCUT2D eigenvalue weighted by Crippen LogP contribution is -2.53. The number of benzene rings is 1. The average Bonchev–Trinajstić information content (AvgIpc) is 2.52. The van der Waals surface area contributed by atoms with Crippen molar-refractivity contribution in [1.82, 2.24) is 5.32 Å². The molecule has 2 atom stereocenters. The third-order valence-corrected chi connectivity index (χ3v) is 5.78. The number of carbonyl (C=O) groups excluding carboxylic acids is 1. The summed E-state index contributed by atoms with van der Waals surface area (Å²) in [6.45, 7) is 4.58. The Hall–Kier alpha value is -1.26. The van der Waals surface area contributed by atoms with E-state index in [4.69, 9.17) is 10.5 Å². The summed E-state index contributed by atoms with van der Waals surface area (Å²) in [6, 6.07) is 6.69. The maximum atomic E-state index is 12.3. The highest BCUT2D eigenvalue weighted by atomic mass is 35.5. The van der Waals surface area contributed by atoms with E-state index in [9.17, 15) is 4.79 Å². The molecule has 2 fully saturated rings. The van der Waals surface area contributed by atoms with Crippen LogP contribution in [0.25, 0.3) is 0 Å². The van der Waals surface area contributed by atoms with Crippen molar-refractivity contribution in [2.24, 2.45) is 17.6 Å². The Morgan fingerprint density at radius 3 is 2.52 bits per heavy atom. The number of hydrogen-bond acceptors (Lipinski definition) is 3. The minimum Gasteiger partial charge on any atom is -0.493 e. The Bertz CT molecular complexity index is 579. The van der Waals surface area contributed by atoms with Gasteiger partial charge in [0.25, 0.3) is 0 Å². The van der Waals surface area contributed by atoms with Crippen molar-refractivity contribution < 1.29 is 9.53 Å². The molecule has 25 heavy (non-hydrogen) atoms. The van der Waals surface area contributed by atoms with Gasteiger partial charge in [-0.2, -0.15) is 0 Å². The molecule has 2 aliphatic carbocycles. The van der Waals surface area contributed by atoms with Gasteiger partial charge in [-0.1, -0.05) is 12.5 Å². The highest BCUT2D eigenvalue weighted by Crippen LogP contribution is 2.39. The molecule has 140 valence electrons. The molecular weight excluding hydrogens is 336 g/mol. The summed E-state index contributed by atoms with van der Waals surface area (Å²) in [5.74, 6) is 2.08. The topological polar surface area (TPSA) is 64.3 Å². The zero-order chi connectivity index (χ0) is 17.1. The summed E-state index contributed by atoms with van der Waals surface area (Å²) in [5.41, 5.74) is 8.62. The van der Waals surface area contributed by atoms with Gasteiger partial charge in [-0.25, -0.2) is 0 Å². The molecule has 3 N–H and O–H groups in total. The van der Waals surface area contributed by atoms with Gasteiger partial charge in [-0.15, -0.1) is 12.4 Å². The van der Waals surface area contributed by atoms with Crippen molar-refractivity contribution >= 4 is 18.3 Å². The van der Waals surface area contributed by atoms with Gasteiger partial charge in [0, 0.05) is 12.1 Å². The Morgan fingerprint density at radius 1 is 1.20 bits per heavy atom. The molecule has 2 aliphatic rings. The smallest absolute Gasteiger partial charge is 0.223 e. The number of rotatable bonds is 5. The predicted molar refractivity (Wildman–Crippen MR) is 103 cm³/mol. The molecular formula is C20H31ClN2O2. The van der Waals surface area contributed by atoms with Crippen LogP contribution in [0.4, 0.5) is 0 Å². The van der Waals surface area contributed by atoms with E-state index in [1.54, 1.807) is 0 Å². The molecule has 1 amide bonds. The van der Waals surface area contributed by atoms with Crippen LogP contribution in [0.15, 0.2) is 18.2 Å². The number of ether oxygens (including phenoxy) is 1. The summed E-state index contributed by atoms with van der Waals surface area (Å²) in [6.07, 6.45) is 6.21. The fourth-order valence-corrected chi connectivity index (χ4v) is 4.35. The number of halogens is 1. The van der Waals surface area contributed by atoms with Crippen molar-refractivity contribution in [3.63, 3.8) is 0 Å². The lowest BCUT2D eigenvalue weighted by molar-refractivity contribution is -0.123. The van der Waals surface area contributed by atoms with Crippen molar-refractivity contribution in [2.75, 3.05) is 6.61 Å². The highest BCUT2D eigenvalue weighted by Gasteiger charge is 2.39. The Morgan fingerprint density at radius 2 is 1.88 bits per heavy atom. The van der Waals surface area contributed by atoms with Gasteiger partial charge in [-0.05, 0) is 74.6 Å². The summed E-state index contributed by atoms with van der Waals surface area (Å²) in [7, 11) is 0. The minimum atomic E-state index is 0. The van der Waals surface area contributed by atoms with Crippen LogP contribution in [0.1, 0.15) is 49.7 Å². The zero-order valence-corrected chi connectivity index (χ0v) is 16.1. The fraction of sp³-hybridized carbons (Fsp3) is 0.650. The molecule has 0 heterocycles. The van der Waals surface area contributed by atoms with Crippen molar-refractivity contribution in [2.45, 2.75) is 64.5 Å². The van der Waals surface area contributed by atoms with E-state index < -0.39 is 0 Å². The molecule has 0 radical (unpaired) electrons. The van der Waals surface area contributed by atoms with Gasteiger partial charge < -0.3 is 15.8 Å². The first-order valence-corrected chi connectivity index (χ1v) is 9.28. The molecule has 0 saturated heterocycles. The van der Waals surface area contributed by atoms with Gasteiger partial charge in [0.1, 0.15) is 5.75 Å². The maximum Gasteiger partial charge on any atom is 0.223 e. The first-order chi connectivity index (χ1) is 11.5. The normalized spacial score (nSPS) is 28.0. The fourth-order valence-electron chi connectivity index (χ4n) is 4.35. The highest BCUT2D eigenvalue weighted by molar-refractivity contribution is 5.85. The first kappa shape index (κ1) is 20.1. The summed E-state index contributed by atoms with van der Waals surface area (Å²) in [4.78, 5) is 12.3. The molecule has 2 bridgehead atoms. The van der Waals surface area contributed by atoms with Crippen LogP contribution in [-0.4, -0.2) is 24.6 Å². The molecule has 0 aromatic heterocycles. The van der Waals surface area contributed by atoms with Crippen LogP contribution in [0, 0.1) is 25.7 Å². The van der Waals surface area contributed by atoms with E-state index in [-0.39, 0.29) is 18.3 Å². The average molecular weight is 367 g/mol. The van der Waals surface area contributed by atoms with Crippen molar-refractivity contribution in [3.8, 4) is 5.75 Å². The number of carbonyl (C=O) groups is 1. The SMILES string of the molecule is Cc1ccc(OCCC(=O)NC2C3CCCC2CC(N)C3)cc1C.Cl. The second kappa shape index (κ2) is 8.91. The van der Waals surface area contributed by atoms with Crippen LogP contribution in [0.5, 0.6) is 5.75 Å². The molecule has 1 aromatic rings. The van der Waals surface area contributed by atoms with E-state index in [0.29, 0.717) is 36.9 Å². The number of fused-ring (bicyclic) bond motifs is 2. The second-order valence-corrected chi connectivity index (χ2v) is 7.62. The third kappa shape index (κ3) is 5.11. The van der Waals surface area contributed by atoms with Crippen molar-refractivity contribution in [1.29, 1.82) is 0 Å². The molecule has 1 aromatic carbocycles. The summed E-state index contributed by atoms with van der Waals surface area (Å²) >= 11 is 0. The maximum absolute atomic E-state index is 12.3. The van der Waals surface area contributed by atoms with Crippen LogP contribution < -0.4 is 15.8 Å². The Kier molecular flexibility index (Phi) is 7.14. The van der Waals surface area contributed by atoms with Crippen molar-refractivity contribution in [3.05, 3.63) is 29.3 Å². The molecule has 5 heteroatoms. The Balaban J connectivity index is 0.00000225. The summed E-state index contributed by atoms with van der Waals surface area (Å²) in [5, 5.41) is 3.27. The number of nitrogens with two attached hydrogens (primary N) is 1. The predicted octanol–water partition coefficient (Wildman–Crippen LogP) is 3.52. The van der Waals surface area contributed by atoms with E-state index in [1.807, 2.05) is 12.1 Å². The van der Waals surface area contributed by atoms with E-state index in [1.165, 1.54) is 30.4 Å². The number of amides is 1. The van der Waals surface area contributed by atoms with E-state index in [2.05, 4.69) is 25.2 Å². The lowest BCUT2D eigenvalue weighted by Gasteiger charge is -2.45. The van der Waals surface area contributed by atoms with Crippen LogP contribution >= 0.6 is 12.4 Å². The largest absolute Gasteiger partial charge is 0.493 e. The van der Waals surface area contributed by atoms with E-state index in [0.717, 1.165) is 18.6 Å². The molecule has 0 aliphatic heterocycles. The van der Waals surface area contributed by atoms with Gasteiger partial charge in [-0.3, -0.25) is 4.79 Å². The molecule has 4 nitrogen and oxygen atoms in total. The molecule has 0 spiro atoms. The number of hydrogen-bond donors (Lipinski definition) is 2. The quantitative estimate of drug-likeness (QED) is 0.838. The Labute approximate surface area is 157 Å². The van der Waals surface area contributed by atoms with Gasteiger partial charge in [0.05, 0.1) is 13.0 Å². The third-order valence-electron chi connectivity index (χ3n) is 5.78. The molecule has 2 unspecified atom stereocenters. The van der Waals surface area contributed by atoms with Crippen LogP contribution in [0.3, 0.4) is 0 Å².